The maximum Gasteiger partial charge on any atom is 0.322 e. The van der Waals surface area contributed by atoms with Crippen LogP contribution in [0.2, 0.25) is 0 Å². The van der Waals surface area contributed by atoms with Crippen LogP contribution >= 0.6 is 11.9 Å². The van der Waals surface area contributed by atoms with Crippen molar-refractivity contribution in [3.8, 4) is 0 Å². The average molecular weight is 420 g/mol. The molecule has 3 rings (SSSR count). The molecule has 0 spiro atoms. The number of urea groups is 1. The summed E-state index contributed by atoms with van der Waals surface area (Å²) in [5.74, 6) is -1.23. The lowest BCUT2D eigenvalue weighted by Crippen LogP contribution is -2.46. The zero-order valence-corrected chi connectivity index (χ0v) is 18.3. The van der Waals surface area contributed by atoms with Gasteiger partial charge in [-0.05, 0) is 81.0 Å². The molecule has 1 aliphatic heterocycles. The predicted molar refractivity (Wildman–Crippen MR) is 117 cm³/mol. The lowest BCUT2D eigenvalue weighted by atomic mass is 9.98. The summed E-state index contributed by atoms with van der Waals surface area (Å²) < 4.78 is 31.7. The van der Waals surface area contributed by atoms with Crippen molar-refractivity contribution in [3.05, 3.63) is 57.7 Å². The number of amides is 2. The second-order valence-corrected chi connectivity index (χ2v) is 8.25. The minimum atomic E-state index is -0.767. The second kappa shape index (κ2) is 8.61. The lowest BCUT2D eigenvalue weighted by molar-refractivity contribution is 0.241. The molecule has 7 heteroatoms. The SMILES string of the molecule is CCCN1C(=O)NC(C)c2cc(NSCc3c(C)c(C)c(C)c(F)c3F)ccc21. The third-order valence-electron chi connectivity index (χ3n) is 5.59. The number of halogens is 2. The molecular formula is C22H27F2N3OS. The third-order valence-corrected chi connectivity index (χ3v) is 6.40. The van der Waals surface area contributed by atoms with Crippen LogP contribution in [0.4, 0.5) is 25.0 Å². The van der Waals surface area contributed by atoms with E-state index >= 15 is 0 Å². The Balaban J connectivity index is 1.77. The first-order valence-corrected chi connectivity index (χ1v) is 10.8. The summed E-state index contributed by atoms with van der Waals surface area (Å²) in [5.41, 5.74) is 5.12. The topological polar surface area (TPSA) is 44.4 Å². The van der Waals surface area contributed by atoms with Crippen molar-refractivity contribution < 1.29 is 13.6 Å². The van der Waals surface area contributed by atoms with E-state index in [-0.39, 0.29) is 12.1 Å². The van der Waals surface area contributed by atoms with E-state index in [9.17, 15) is 13.6 Å². The van der Waals surface area contributed by atoms with E-state index < -0.39 is 11.6 Å². The Hall–Kier alpha value is -2.28. The van der Waals surface area contributed by atoms with Gasteiger partial charge in [0.15, 0.2) is 11.6 Å². The average Bonchev–Trinajstić information content (AvgIpc) is 2.70. The highest BCUT2D eigenvalue weighted by Crippen LogP contribution is 2.34. The first-order valence-electron chi connectivity index (χ1n) is 9.79. The smallest absolute Gasteiger partial charge is 0.322 e. The Kier molecular flexibility index (Phi) is 6.36. The Morgan fingerprint density at radius 3 is 2.55 bits per heavy atom. The standard InChI is InChI=1S/C22H27F2N3OS/c1-6-9-27-19-8-7-16(10-17(19)15(5)25-22(27)28)26-29-11-18-13(3)12(2)14(4)20(23)21(18)24/h7-8,10,15,26H,6,9,11H2,1-5H3,(H,25,28). The molecule has 0 bridgehead atoms. The third kappa shape index (κ3) is 4.06. The molecule has 1 unspecified atom stereocenters. The quantitative estimate of drug-likeness (QED) is 0.552. The first-order chi connectivity index (χ1) is 13.8. The minimum absolute atomic E-state index is 0.0790. The van der Waals surface area contributed by atoms with Gasteiger partial charge in [-0.1, -0.05) is 6.92 Å². The predicted octanol–water partition coefficient (Wildman–Crippen LogP) is 6.15. The van der Waals surface area contributed by atoms with Crippen LogP contribution in [-0.2, 0) is 5.75 Å². The number of fused-ring (bicyclic) bond motifs is 1. The van der Waals surface area contributed by atoms with Gasteiger partial charge in [0.05, 0.1) is 11.7 Å². The Morgan fingerprint density at radius 1 is 1.14 bits per heavy atom. The lowest BCUT2D eigenvalue weighted by Gasteiger charge is -2.33. The highest BCUT2D eigenvalue weighted by Gasteiger charge is 2.27. The normalized spacial score (nSPS) is 15.9. The van der Waals surface area contributed by atoms with Crippen molar-refractivity contribution in [2.24, 2.45) is 0 Å². The summed E-state index contributed by atoms with van der Waals surface area (Å²) in [4.78, 5) is 14.0. The molecule has 156 valence electrons. The highest BCUT2D eigenvalue weighted by atomic mass is 32.2. The molecule has 1 heterocycles. The summed E-state index contributed by atoms with van der Waals surface area (Å²) in [6.07, 6.45) is 0.870. The van der Waals surface area contributed by atoms with Crippen molar-refractivity contribution in [1.29, 1.82) is 0 Å². The van der Waals surface area contributed by atoms with Gasteiger partial charge in [-0.25, -0.2) is 13.6 Å². The van der Waals surface area contributed by atoms with Crippen molar-refractivity contribution in [3.63, 3.8) is 0 Å². The molecule has 4 nitrogen and oxygen atoms in total. The zero-order chi connectivity index (χ0) is 21.3. The number of carbonyl (C=O) groups excluding carboxylic acids is 1. The van der Waals surface area contributed by atoms with E-state index in [0.717, 1.165) is 34.5 Å². The van der Waals surface area contributed by atoms with Crippen LogP contribution < -0.4 is 14.9 Å². The molecule has 0 saturated heterocycles. The minimum Gasteiger partial charge on any atom is -0.331 e. The number of rotatable bonds is 6. The fourth-order valence-corrected chi connectivity index (χ4v) is 4.46. The second-order valence-electron chi connectivity index (χ2n) is 7.47. The number of nitrogens with zero attached hydrogens (tertiary/aromatic N) is 1. The van der Waals surface area contributed by atoms with Crippen LogP contribution in [0.3, 0.4) is 0 Å². The van der Waals surface area contributed by atoms with Crippen molar-refractivity contribution in [2.75, 3.05) is 16.2 Å². The zero-order valence-electron chi connectivity index (χ0n) is 17.5. The van der Waals surface area contributed by atoms with Crippen LogP contribution in [0.25, 0.3) is 0 Å². The van der Waals surface area contributed by atoms with Crippen molar-refractivity contribution in [2.45, 2.75) is 52.8 Å². The van der Waals surface area contributed by atoms with Crippen LogP contribution in [0, 0.1) is 32.4 Å². The maximum atomic E-state index is 14.4. The van der Waals surface area contributed by atoms with Gasteiger partial charge in [0, 0.05) is 29.1 Å². The summed E-state index contributed by atoms with van der Waals surface area (Å²) in [6.45, 7) is 9.89. The first kappa shape index (κ1) is 21.4. The van der Waals surface area contributed by atoms with Crippen LogP contribution in [0.1, 0.15) is 54.1 Å². The van der Waals surface area contributed by atoms with Gasteiger partial charge in [-0.2, -0.15) is 0 Å². The molecule has 2 aromatic carbocycles. The fourth-order valence-electron chi connectivity index (χ4n) is 3.60. The van der Waals surface area contributed by atoms with Gasteiger partial charge in [-0.3, -0.25) is 4.90 Å². The van der Waals surface area contributed by atoms with Crippen molar-refractivity contribution >= 4 is 29.4 Å². The number of benzene rings is 2. The number of carbonyl (C=O) groups is 1. The van der Waals surface area contributed by atoms with Gasteiger partial charge < -0.3 is 10.0 Å². The fraction of sp³-hybridized carbons (Fsp3) is 0.409. The number of hydrogen-bond donors (Lipinski definition) is 2. The van der Waals surface area contributed by atoms with Gasteiger partial charge in [0.1, 0.15) is 0 Å². The molecule has 2 aromatic rings. The van der Waals surface area contributed by atoms with Crippen LogP contribution in [-0.4, -0.2) is 12.6 Å². The Labute approximate surface area is 175 Å². The number of anilines is 2. The Morgan fingerprint density at radius 2 is 1.86 bits per heavy atom. The Bertz CT molecular complexity index is 919. The molecular weight excluding hydrogens is 392 g/mol. The molecule has 29 heavy (non-hydrogen) atoms. The molecule has 0 saturated carbocycles. The van der Waals surface area contributed by atoms with Gasteiger partial charge in [0.25, 0.3) is 0 Å². The summed E-state index contributed by atoms with van der Waals surface area (Å²) in [5, 5.41) is 2.97. The summed E-state index contributed by atoms with van der Waals surface area (Å²) in [7, 11) is 0. The van der Waals surface area contributed by atoms with Gasteiger partial charge in [-0.15, -0.1) is 0 Å². The van der Waals surface area contributed by atoms with E-state index in [2.05, 4.69) is 10.0 Å². The molecule has 0 radical (unpaired) electrons. The number of nitrogens with one attached hydrogen (secondary N) is 2. The van der Waals surface area contributed by atoms with Crippen molar-refractivity contribution in [1.82, 2.24) is 5.32 Å². The molecule has 0 aromatic heterocycles. The summed E-state index contributed by atoms with van der Waals surface area (Å²) >= 11 is 1.32. The molecule has 2 amide bonds. The number of hydrogen-bond acceptors (Lipinski definition) is 3. The van der Waals surface area contributed by atoms with Crippen LogP contribution in [0.5, 0.6) is 0 Å². The largest absolute Gasteiger partial charge is 0.331 e. The molecule has 1 aliphatic rings. The molecule has 2 N–H and O–H groups in total. The van der Waals surface area contributed by atoms with E-state index in [0.29, 0.717) is 23.4 Å². The highest BCUT2D eigenvalue weighted by molar-refractivity contribution is 7.99. The summed E-state index contributed by atoms with van der Waals surface area (Å²) in [6, 6.07) is 5.67. The van der Waals surface area contributed by atoms with Crippen LogP contribution in [0.15, 0.2) is 18.2 Å². The van der Waals surface area contributed by atoms with E-state index in [1.807, 2.05) is 45.9 Å². The molecule has 0 aliphatic carbocycles. The van der Waals surface area contributed by atoms with Gasteiger partial charge in [0.2, 0.25) is 0 Å². The maximum absolute atomic E-state index is 14.4. The van der Waals surface area contributed by atoms with E-state index in [1.54, 1.807) is 11.8 Å². The van der Waals surface area contributed by atoms with E-state index in [1.165, 1.54) is 11.9 Å². The monoisotopic (exact) mass is 419 g/mol. The van der Waals surface area contributed by atoms with E-state index in [4.69, 9.17) is 0 Å². The molecule has 1 atom stereocenters. The molecule has 0 fully saturated rings. The van der Waals surface area contributed by atoms with Gasteiger partial charge >= 0.3 is 6.03 Å².